The molecule has 0 amide bonds. The van der Waals surface area contributed by atoms with Gasteiger partial charge < -0.3 is 5.73 Å². The average Bonchev–Trinajstić information content (AvgIpc) is 2.42. The Kier molecular flexibility index (Phi) is 5.05. The molecule has 0 aliphatic carbocycles. The molecule has 0 fully saturated rings. The second-order valence-corrected chi connectivity index (χ2v) is 5.41. The summed E-state index contributed by atoms with van der Waals surface area (Å²) in [5.74, 6) is -0.227. The van der Waals surface area contributed by atoms with E-state index in [1.807, 2.05) is 18.2 Å². The van der Waals surface area contributed by atoms with E-state index in [4.69, 9.17) is 5.73 Å². The van der Waals surface area contributed by atoms with Crippen molar-refractivity contribution >= 4 is 15.9 Å². The minimum absolute atomic E-state index is 0.0000983. The number of aromatic nitrogens is 1. The normalized spacial score (nSPS) is 12.4. The summed E-state index contributed by atoms with van der Waals surface area (Å²) < 4.78 is 14.1. The molecule has 0 bridgehead atoms. The summed E-state index contributed by atoms with van der Waals surface area (Å²) in [4.78, 5) is 4.26. The zero-order valence-corrected chi connectivity index (χ0v) is 12.1. The molecule has 0 saturated carbocycles. The molecule has 2 aromatic rings. The van der Waals surface area contributed by atoms with Crippen molar-refractivity contribution < 1.29 is 4.39 Å². The van der Waals surface area contributed by atoms with Crippen LogP contribution in [0.4, 0.5) is 4.39 Å². The van der Waals surface area contributed by atoms with Crippen LogP contribution in [0.3, 0.4) is 0 Å². The number of rotatable bonds is 5. The molecule has 1 heterocycles. The quantitative estimate of drug-likeness (QED) is 0.915. The van der Waals surface area contributed by atoms with E-state index >= 15 is 0 Å². The van der Waals surface area contributed by atoms with Crippen molar-refractivity contribution in [3.05, 3.63) is 64.1 Å². The molecule has 2 nitrogen and oxygen atoms in total. The fourth-order valence-corrected chi connectivity index (χ4v) is 2.37. The minimum Gasteiger partial charge on any atom is -0.327 e. The van der Waals surface area contributed by atoms with E-state index in [2.05, 4.69) is 20.9 Å². The van der Waals surface area contributed by atoms with Crippen molar-refractivity contribution in [3.63, 3.8) is 0 Å². The predicted molar refractivity (Wildman–Crippen MR) is 78.3 cm³/mol. The Morgan fingerprint density at radius 2 is 2.11 bits per heavy atom. The Morgan fingerprint density at radius 3 is 2.84 bits per heavy atom. The van der Waals surface area contributed by atoms with Crippen LogP contribution in [-0.4, -0.2) is 11.0 Å². The van der Waals surface area contributed by atoms with Crippen molar-refractivity contribution in [1.29, 1.82) is 0 Å². The molecule has 2 N–H and O–H groups in total. The minimum atomic E-state index is -0.227. The third-order valence-electron chi connectivity index (χ3n) is 2.99. The van der Waals surface area contributed by atoms with Gasteiger partial charge in [-0.1, -0.05) is 22.0 Å². The molecule has 0 aliphatic rings. The highest BCUT2D eigenvalue weighted by Crippen LogP contribution is 2.20. The molecule has 4 heteroatoms. The molecule has 1 aromatic heterocycles. The fraction of sp³-hybridized carbons (Fsp3) is 0.267. The first-order valence-electron chi connectivity index (χ1n) is 6.24. The lowest BCUT2D eigenvalue weighted by molar-refractivity contribution is 0.594. The largest absolute Gasteiger partial charge is 0.327 e. The number of nitrogens with zero attached hydrogens (tertiary/aromatic N) is 1. The first kappa shape index (κ1) is 14.2. The van der Waals surface area contributed by atoms with Gasteiger partial charge in [-0.2, -0.15) is 0 Å². The highest BCUT2D eigenvalue weighted by molar-refractivity contribution is 9.10. The summed E-state index contributed by atoms with van der Waals surface area (Å²) in [5.41, 5.74) is 8.05. The standard InChI is InChI=1S/C15H16BrFN2/c16-15-7-4-12(17)9-11(15)10-13(18)5-6-14-3-1-2-8-19-14/h1-4,7-9,13H,5-6,10,18H2. The number of pyridine rings is 1. The van der Waals surface area contributed by atoms with E-state index in [9.17, 15) is 4.39 Å². The van der Waals surface area contributed by atoms with Crippen LogP contribution in [0.25, 0.3) is 0 Å². The molecule has 19 heavy (non-hydrogen) atoms. The van der Waals surface area contributed by atoms with E-state index in [1.54, 1.807) is 12.3 Å². The zero-order valence-electron chi connectivity index (χ0n) is 10.5. The maximum absolute atomic E-state index is 13.2. The Balaban J connectivity index is 1.90. The molecule has 1 aromatic carbocycles. The van der Waals surface area contributed by atoms with E-state index in [0.717, 1.165) is 28.6 Å². The van der Waals surface area contributed by atoms with Crippen LogP contribution in [-0.2, 0) is 12.8 Å². The van der Waals surface area contributed by atoms with Gasteiger partial charge in [-0.05, 0) is 55.2 Å². The summed E-state index contributed by atoms with van der Waals surface area (Å²) in [5, 5.41) is 0. The van der Waals surface area contributed by atoms with Crippen molar-refractivity contribution in [2.45, 2.75) is 25.3 Å². The highest BCUT2D eigenvalue weighted by Gasteiger charge is 2.09. The van der Waals surface area contributed by atoms with Crippen molar-refractivity contribution in [2.24, 2.45) is 5.73 Å². The lowest BCUT2D eigenvalue weighted by Gasteiger charge is -2.12. The Bertz CT molecular complexity index is 531. The maximum Gasteiger partial charge on any atom is 0.123 e. The number of halogens is 2. The molecular weight excluding hydrogens is 307 g/mol. The van der Waals surface area contributed by atoms with E-state index in [0.29, 0.717) is 6.42 Å². The maximum atomic E-state index is 13.2. The molecule has 0 saturated heterocycles. The van der Waals surface area contributed by atoms with Gasteiger partial charge in [-0.15, -0.1) is 0 Å². The topological polar surface area (TPSA) is 38.9 Å². The number of hydrogen-bond acceptors (Lipinski definition) is 2. The smallest absolute Gasteiger partial charge is 0.123 e. The molecule has 0 spiro atoms. The molecule has 0 aliphatic heterocycles. The number of nitrogens with two attached hydrogens (primary N) is 1. The first-order chi connectivity index (χ1) is 9.15. The Morgan fingerprint density at radius 1 is 1.26 bits per heavy atom. The molecule has 2 rings (SSSR count). The number of aryl methyl sites for hydroxylation is 1. The van der Waals surface area contributed by atoms with Gasteiger partial charge in [0.15, 0.2) is 0 Å². The van der Waals surface area contributed by atoms with E-state index < -0.39 is 0 Å². The van der Waals surface area contributed by atoms with Crippen LogP contribution in [0.5, 0.6) is 0 Å². The Hall–Kier alpha value is -1.26. The van der Waals surface area contributed by atoms with Crippen LogP contribution in [0, 0.1) is 5.82 Å². The molecular formula is C15H16BrFN2. The lowest BCUT2D eigenvalue weighted by Crippen LogP contribution is -2.24. The van der Waals surface area contributed by atoms with Gasteiger partial charge in [0.1, 0.15) is 5.82 Å². The summed E-state index contributed by atoms with van der Waals surface area (Å²) in [7, 11) is 0. The highest BCUT2D eigenvalue weighted by atomic mass is 79.9. The summed E-state index contributed by atoms with van der Waals surface area (Å²) >= 11 is 3.42. The van der Waals surface area contributed by atoms with Gasteiger partial charge in [0.05, 0.1) is 0 Å². The van der Waals surface area contributed by atoms with Crippen LogP contribution in [0.15, 0.2) is 47.1 Å². The van der Waals surface area contributed by atoms with Crippen molar-refractivity contribution in [3.8, 4) is 0 Å². The molecule has 0 radical (unpaired) electrons. The second kappa shape index (κ2) is 6.78. The molecule has 100 valence electrons. The zero-order chi connectivity index (χ0) is 13.7. The van der Waals surface area contributed by atoms with Crippen LogP contribution < -0.4 is 5.73 Å². The first-order valence-corrected chi connectivity index (χ1v) is 7.04. The van der Waals surface area contributed by atoms with E-state index in [-0.39, 0.29) is 11.9 Å². The average molecular weight is 323 g/mol. The van der Waals surface area contributed by atoms with Crippen LogP contribution >= 0.6 is 15.9 Å². The van der Waals surface area contributed by atoms with Crippen molar-refractivity contribution in [1.82, 2.24) is 4.98 Å². The molecule has 1 atom stereocenters. The predicted octanol–water partition coefficient (Wildman–Crippen LogP) is 3.49. The monoisotopic (exact) mass is 322 g/mol. The van der Waals surface area contributed by atoms with Gasteiger partial charge in [0.2, 0.25) is 0 Å². The lowest BCUT2D eigenvalue weighted by atomic mass is 10.0. The van der Waals surface area contributed by atoms with Crippen LogP contribution in [0.2, 0.25) is 0 Å². The van der Waals surface area contributed by atoms with E-state index in [1.165, 1.54) is 12.1 Å². The van der Waals surface area contributed by atoms with Gasteiger partial charge in [-0.25, -0.2) is 4.39 Å². The Labute approximate surface area is 121 Å². The van der Waals surface area contributed by atoms with Gasteiger partial charge in [0.25, 0.3) is 0 Å². The van der Waals surface area contributed by atoms with Gasteiger partial charge >= 0.3 is 0 Å². The van der Waals surface area contributed by atoms with Crippen LogP contribution in [0.1, 0.15) is 17.7 Å². The number of hydrogen-bond donors (Lipinski definition) is 1. The third kappa shape index (κ3) is 4.40. The fourth-order valence-electron chi connectivity index (χ4n) is 1.96. The summed E-state index contributed by atoms with van der Waals surface area (Å²) in [6.07, 6.45) is 4.12. The second-order valence-electron chi connectivity index (χ2n) is 4.56. The summed E-state index contributed by atoms with van der Waals surface area (Å²) in [6.45, 7) is 0. The SMILES string of the molecule is NC(CCc1ccccn1)Cc1cc(F)ccc1Br. The van der Waals surface area contributed by atoms with Gasteiger partial charge in [-0.3, -0.25) is 4.98 Å². The number of benzene rings is 1. The third-order valence-corrected chi connectivity index (χ3v) is 3.76. The van der Waals surface area contributed by atoms with Crippen molar-refractivity contribution in [2.75, 3.05) is 0 Å². The summed E-state index contributed by atoms with van der Waals surface area (Å²) in [6, 6.07) is 10.5. The van der Waals surface area contributed by atoms with Gasteiger partial charge in [0, 0.05) is 22.4 Å². The molecule has 1 unspecified atom stereocenters.